The topological polar surface area (TPSA) is 98.6 Å². The van der Waals surface area contributed by atoms with Crippen molar-refractivity contribution in [2.45, 2.75) is 19.5 Å². The maximum Gasteiger partial charge on any atom is 0.373 e. The van der Waals surface area contributed by atoms with Gasteiger partial charge in [0.15, 0.2) is 0 Å². The lowest BCUT2D eigenvalue weighted by Gasteiger charge is -2.42. The number of esters is 1. The number of rotatable bonds is 6. The highest BCUT2D eigenvalue weighted by atomic mass is 16.5. The first-order valence-electron chi connectivity index (χ1n) is 12.5. The summed E-state index contributed by atoms with van der Waals surface area (Å²) in [7, 11) is 1.32. The lowest BCUT2D eigenvalue weighted by Crippen LogP contribution is -2.59. The lowest BCUT2D eigenvalue weighted by atomic mass is 9.83. The predicted molar refractivity (Wildman–Crippen MR) is 132 cm³/mol. The third-order valence-corrected chi connectivity index (χ3v) is 7.48. The molecule has 3 aliphatic heterocycles. The van der Waals surface area contributed by atoms with Crippen molar-refractivity contribution in [3.63, 3.8) is 0 Å². The number of hydrazine groups is 1. The van der Waals surface area contributed by atoms with Gasteiger partial charge in [-0.2, -0.15) is 0 Å². The van der Waals surface area contributed by atoms with E-state index in [0.717, 1.165) is 12.2 Å². The summed E-state index contributed by atoms with van der Waals surface area (Å²) in [6, 6.07) is 12.7. The predicted octanol–water partition coefficient (Wildman–Crippen LogP) is 1.20. The Labute approximate surface area is 210 Å². The van der Waals surface area contributed by atoms with Gasteiger partial charge in [-0.25, -0.2) is 15.2 Å². The van der Waals surface area contributed by atoms with Crippen LogP contribution in [0.4, 0.5) is 5.69 Å². The van der Waals surface area contributed by atoms with E-state index in [1.54, 1.807) is 17.1 Å². The summed E-state index contributed by atoms with van der Waals surface area (Å²) in [6.45, 7) is 7.38. The monoisotopic (exact) mass is 495 g/mol. The van der Waals surface area contributed by atoms with Gasteiger partial charge in [0.2, 0.25) is 17.6 Å². The summed E-state index contributed by atoms with van der Waals surface area (Å²) < 4.78 is 10.3. The number of methoxy groups -OCH3 is 1. The van der Waals surface area contributed by atoms with Gasteiger partial charge in [-0.15, -0.1) is 0 Å². The Balaban J connectivity index is 1.23. The fourth-order valence-electron chi connectivity index (χ4n) is 5.45. The molecule has 2 aromatic rings. The number of carbonyl (C=O) groups excluding carboxylic acids is 3. The Morgan fingerprint density at radius 3 is 2.47 bits per heavy atom. The van der Waals surface area contributed by atoms with Gasteiger partial charge in [0.25, 0.3) is 0 Å². The second kappa shape index (κ2) is 10.4. The number of piperazine rings is 1. The number of amides is 2. The number of ether oxygens (including phenoxy) is 1. The first kappa shape index (κ1) is 24.5. The number of furan rings is 1. The molecule has 2 amide bonds. The first-order chi connectivity index (χ1) is 17.5. The van der Waals surface area contributed by atoms with Crippen molar-refractivity contribution in [1.82, 2.24) is 20.1 Å². The van der Waals surface area contributed by atoms with E-state index in [2.05, 4.69) is 22.1 Å². The van der Waals surface area contributed by atoms with Crippen LogP contribution in [0.3, 0.4) is 0 Å². The van der Waals surface area contributed by atoms with Crippen LogP contribution in [-0.4, -0.2) is 91.4 Å². The quantitative estimate of drug-likeness (QED) is 0.597. The van der Waals surface area contributed by atoms with Gasteiger partial charge in [-0.3, -0.25) is 14.5 Å². The number of nitrogens with one attached hydrogen (secondary N) is 1. The molecule has 1 aromatic carbocycles. The number of fused-ring (bicyclic) bond motifs is 1. The van der Waals surface area contributed by atoms with E-state index in [1.807, 2.05) is 35.2 Å². The van der Waals surface area contributed by atoms with Gasteiger partial charge in [0.1, 0.15) is 5.76 Å². The molecule has 36 heavy (non-hydrogen) atoms. The molecule has 3 saturated heterocycles. The Morgan fingerprint density at radius 2 is 1.78 bits per heavy atom. The zero-order chi connectivity index (χ0) is 25.2. The molecule has 3 fully saturated rings. The average molecular weight is 496 g/mol. The fourth-order valence-corrected chi connectivity index (χ4v) is 5.45. The van der Waals surface area contributed by atoms with Crippen LogP contribution in [0.1, 0.15) is 23.2 Å². The van der Waals surface area contributed by atoms with E-state index < -0.39 is 5.97 Å². The number of piperidine rings is 1. The van der Waals surface area contributed by atoms with Crippen LogP contribution in [0.25, 0.3) is 0 Å². The van der Waals surface area contributed by atoms with Crippen molar-refractivity contribution in [2.24, 2.45) is 11.8 Å². The molecule has 5 rings (SSSR count). The Hall–Kier alpha value is -3.21. The molecular weight excluding hydrogens is 462 g/mol. The summed E-state index contributed by atoms with van der Waals surface area (Å²) in [6.07, 6.45) is 0. The minimum atomic E-state index is -0.492. The van der Waals surface area contributed by atoms with Gasteiger partial charge in [0.05, 0.1) is 37.2 Å². The minimum absolute atomic E-state index is 0.0248. The summed E-state index contributed by atoms with van der Waals surface area (Å²) in [5.41, 5.74) is 4.18. The lowest BCUT2D eigenvalue weighted by molar-refractivity contribution is -0.141. The smallest absolute Gasteiger partial charge is 0.373 e. The van der Waals surface area contributed by atoms with Gasteiger partial charge in [0, 0.05) is 39.3 Å². The van der Waals surface area contributed by atoms with Crippen molar-refractivity contribution in [3.05, 3.63) is 54.0 Å². The summed E-state index contributed by atoms with van der Waals surface area (Å²) in [4.78, 5) is 45.0. The van der Waals surface area contributed by atoms with Crippen molar-refractivity contribution >= 4 is 23.5 Å². The zero-order valence-corrected chi connectivity index (χ0v) is 20.8. The van der Waals surface area contributed by atoms with Crippen molar-refractivity contribution in [2.75, 3.05) is 57.9 Å². The molecule has 4 heterocycles. The van der Waals surface area contributed by atoms with E-state index in [0.29, 0.717) is 51.6 Å². The third-order valence-electron chi connectivity index (χ3n) is 7.48. The zero-order valence-electron chi connectivity index (χ0n) is 20.8. The van der Waals surface area contributed by atoms with Gasteiger partial charge < -0.3 is 19.0 Å². The summed E-state index contributed by atoms with van der Waals surface area (Å²) >= 11 is 0. The molecule has 3 aliphatic rings. The van der Waals surface area contributed by atoms with E-state index in [9.17, 15) is 14.4 Å². The minimum Gasteiger partial charge on any atom is -0.463 e. The molecule has 0 saturated carbocycles. The second-order valence-electron chi connectivity index (χ2n) is 9.59. The van der Waals surface area contributed by atoms with Crippen LogP contribution in [-0.2, 0) is 20.9 Å². The molecule has 0 bridgehead atoms. The molecule has 192 valence electrons. The molecule has 3 atom stereocenters. The number of likely N-dealkylation sites (tertiary alicyclic amines) is 1. The van der Waals surface area contributed by atoms with E-state index in [-0.39, 0.29) is 35.5 Å². The Kier molecular flexibility index (Phi) is 7.08. The largest absolute Gasteiger partial charge is 0.463 e. The number of anilines is 1. The van der Waals surface area contributed by atoms with Crippen LogP contribution < -0.4 is 10.4 Å². The van der Waals surface area contributed by atoms with Gasteiger partial charge in [-0.05, 0) is 30.8 Å². The summed E-state index contributed by atoms with van der Waals surface area (Å²) in [5.74, 6) is -0.0257. The van der Waals surface area contributed by atoms with E-state index >= 15 is 0 Å². The number of nitrogens with zero attached hydrogens (tertiary/aromatic N) is 4. The normalized spacial score (nSPS) is 25.2. The maximum atomic E-state index is 13.7. The highest BCUT2D eigenvalue weighted by molar-refractivity contribution is 5.98. The molecule has 10 nitrogen and oxygen atoms in total. The second-order valence-corrected chi connectivity index (χ2v) is 9.59. The Bertz CT molecular complexity index is 1100. The van der Waals surface area contributed by atoms with E-state index in [1.165, 1.54) is 7.11 Å². The number of para-hydroxylation sites is 1. The standard InChI is InChI=1S/C26H33N5O5/c1-3-28-16-20(23-21(17-28)25(33)31(27-23)18-7-5-4-6-8-18)24(32)30-13-11-29(12-14-30)15-19-9-10-22(36-19)26(34)35-2/h4-10,20-21,23,27H,3,11-17H2,1-2H3. The van der Waals surface area contributed by atoms with Crippen LogP contribution in [0.15, 0.2) is 46.9 Å². The molecule has 0 radical (unpaired) electrons. The fraction of sp³-hybridized carbons (Fsp3) is 0.500. The molecule has 10 heteroatoms. The molecule has 0 aliphatic carbocycles. The number of hydrogen-bond donors (Lipinski definition) is 1. The average Bonchev–Trinajstić information content (AvgIpc) is 3.52. The van der Waals surface area contributed by atoms with Crippen LogP contribution >= 0.6 is 0 Å². The summed E-state index contributed by atoms with van der Waals surface area (Å²) in [5, 5.41) is 1.62. The maximum absolute atomic E-state index is 13.7. The van der Waals surface area contributed by atoms with Crippen molar-refractivity contribution in [1.29, 1.82) is 0 Å². The molecule has 1 N–H and O–H groups in total. The third kappa shape index (κ3) is 4.76. The number of hydrogen-bond acceptors (Lipinski definition) is 8. The SMILES string of the molecule is CCN1CC(C(=O)N2CCN(Cc3ccc(C(=O)OC)o3)CC2)C2NN(c3ccccc3)C(=O)C2C1. The van der Waals surface area contributed by atoms with E-state index in [4.69, 9.17) is 9.15 Å². The highest BCUT2D eigenvalue weighted by Crippen LogP contribution is 2.32. The van der Waals surface area contributed by atoms with Gasteiger partial charge in [-0.1, -0.05) is 25.1 Å². The highest BCUT2D eigenvalue weighted by Gasteiger charge is 2.51. The molecule has 1 aromatic heterocycles. The Morgan fingerprint density at radius 1 is 1.03 bits per heavy atom. The van der Waals surface area contributed by atoms with Crippen LogP contribution in [0.5, 0.6) is 0 Å². The van der Waals surface area contributed by atoms with Crippen LogP contribution in [0, 0.1) is 11.8 Å². The van der Waals surface area contributed by atoms with Crippen molar-refractivity contribution < 1.29 is 23.5 Å². The molecule has 3 unspecified atom stereocenters. The number of carbonyl (C=O) groups is 3. The van der Waals surface area contributed by atoms with Crippen molar-refractivity contribution in [3.8, 4) is 0 Å². The first-order valence-corrected chi connectivity index (χ1v) is 12.5. The van der Waals surface area contributed by atoms with Gasteiger partial charge >= 0.3 is 5.97 Å². The van der Waals surface area contributed by atoms with Crippen LogP contribution in [0.2, 0.25) is 0 Å². The molecule has 0 spiro atoms. The number of benzene rings is 1. The molecular formula is C26H33N5O5.